The number of hydrogen-bond acceptors (Lipinski definition) is 6. The molecule has 116 valence electrons. The molecule has 2 aromatic rings. The molecule has 0 fully saturated rings. The van der Waals surface area contributed by atoms with Crippen LogP contribution in [0.4, 0.5) is 11.4 Å². The Bertz CT molecular complexity index is 775. The second kappa shape index (κ2) is 6.39. The number of pyridine rings is 1. The van der Waals surface area contributed by atoms with Crippen molar-refractivity contribution < 1.29 is 18.1 Å². The van der Waals surface area contributed by atoms with Crippen LogP contribution in [-0.2, 0) is 15.8 Å². The monoisotopic (exact) mass is 323 g/mol. The number of benzene rings is 1. The molecule has 0 radical (unpaired) electrons. The van der Waals surface area contributed by atoms with Gasteiger partial charge in [-0.1, -0.05) is 18.2 Å². The Labute approximate surface area is 127 Å². The zero-order valence-electron chi connectivity index (χ0n) is 11.6. The molecule has 0 saturated heterocycles. The van der Waals surface area contributed by atoms with Crippen LogP contribution in [0.1, 0.15) is 5.56 Å². The second-order valence-electron chi connectivity index (χ2n) is 4.34. The third-order valence-electron chi connectivity index (χ3n) is 2.75. The summed E-state index contributed by atoms with van der Waals surface area (Å²) in [6.45, 7) is 0. The predicted molar refractivity (Wildman–Crippen MR) is 80.1 cm³/mol. The van der Waals surface area contributed by atoms with Gasteiger partial charge in [0.15, 0.2) is 0 Å². The van der Waals surface area contributed by atoms with Crippen molar-refractivity contribution >= 4 is 21.4 Å². The Morgan fingerprint density at radius 2 is 2.00 bits per heavy atom. The average Bonchev–Trinajstić information content (AvgIpc) is 2.47. The topological polar surface area (TPSA) is 111 Å². The first kappa shape index (κ1) is 15.7. The first-order valence-corrected chi connectivity index (χ1v) is 7.79. The Morgan fingerprint density at radius 1 is 1.27 bits per heavy atom. The van der Waals surface area contributed by atoms with Crippen molar-refractivity contribution in [2.45, 2.75) is 5.75 Å². The molecular weight excluding hydrogens is 310 g/mol. The molecule has 1 aromatic carbocycles. The van der Waals surface area contributed by atoms with Crippen LogP contribution in [-0.4, -0.2) is 25.4 Å². The molecule has 8 nitrogen and oxygen atoms in total. The van der Waals surface area contributed by atoms with E-state index in [4.69, 9.17) is 4.74 Å². The molecule has 22 heavy (non-hydrogen) atoms. The minimum Gasteiger partial charge on any atom is -0.481 e. The molecule has 0 amide bonds. The first-order chi connectivity index (χ1) is 10.4. The molecule has 0 atom stereocenters. The number of anilines is 1. The van der Waals surface area contributed by atoms with Crippen LogP contribution < -0.4 is 9.46 Å². The standard InChI is InChI=1S/C13H13N3O5S/c1-21-13-7-6-11(8-14-13)15-22(19,20)9-10-4-2-3-5-12(10)16(17)18/h2-8,15H,9H2,1H3. The van der Waals surface area contributed by atoms with E-state index in [1.165, 1.54) is 43.6 Å². The van der Waals surface area contributed by atoms with Crippen molar-refractivity contribution in [3.8, 4) is 5.88 Å². The zero-order chi connectivity index (χ0) is 16.2. The average molecular weight is 323 g/mol. The zero-order valence-corrected chi connectivity index (χ0v) is 12.4. The highest BCUT2D eigenvalue weighted by Crippen LogP contribution is 2.21. The van der Waals surface area contributed by atoms with Gasteiger partial charge in [-0.2, -0.15) is 0 Å². The molecule has 0 aliphatic heterocycles. The van der Waals surface area contributed by atoms with Crippen molar-refractivity contribution in [1.29, 1.82) is 0 Å². The van der Waals surface area contributed by atoms with Crippen LogP contribution in [0.2, 0.25) is 0 Å². The predicted octanol–water partition coefficient (Wildman–Crippen LogP) is 1.94. The number of hydrogen-bond donors (Lipinski definition) is 1. The van der Waals surface area contributed by atoms with Crippen LogP contribution in [0.25, 0.3) is 0 Å². The molecule has 1 N–H and O–H groups in total. The highest BCUT2D eigenvalue weighted by atomic mass is 32.2. The third-order valence-corrected chi connectivity index (χ3v) is 3.99. The van der Waals surface area contributed by atoms with E-state index in [9.17, 15) is 18.5 Å². The normalized spacial score (nSPS) is 11.0. The number of nitrogens with zero attached hydrogens (tertiary/aromatic N) is 2. The molecule has 0 spiro atoms. The number of ether oxygens (including phenoxy) is 1. The molecule has 1 aromatic heterocycles. The van der Waals surface area contributed by atoms with E-state index in [2.05, 4.69) is 9.71 Å². The van der Waals surface area contributed by atoms with Crippen LogP contribution in [0.15, 0.2) is 42.6 Å². The summed E-state index contributed by atoms with van der Waals surface area (Å²) in [4.78, 5) is 14.2. The van der Waals surface area contributed by atoms with Crippen molar-refractivity contribution in [2.75, 3.05) is 11.8 Å². The fourth-order valence-electron chi connectivity index (χ4n) is 1.79. The molecule has 0 bridgehead atoms. The summed E-state index contributed by atoms with van der Waals surface area (Å²) in [7, 11) is -2.35. The molecule has 0 aliphatic carbocycles. The summed E-state index contributed by atoms with van der Waals surface area (Å²) < 4.78 is 31.4. The van der Waals surface area contributed by atoms with E-state index in [0.717, 1.165) is 0 Å². The smallest absolute Gasteiger partial charge is 0.273 e. The van der Waals surface area contributed by atoms with Crippen LogP contribution >= 0.6 is 0 Å². The van der Waals surface area contributed by atoms with Gasteiger partial charge in [0.25, 0.3) is 5.69 Å². The molecular formula is C13H13N3O5S. The largest absolute Gasteiger partial charge is 0.481 e. The lowest BCUT2D eigenvalue weighted by Gasteiger charge is -2.08. The number of nitrogens with one attached hydrogen (secondary N) is 1. The fraction of sp³-hybridized carbons (Fsp3) is 0.154. The number of nitro benzene ring substituents is 1. The van der Waals surface area contributed by atoms with Crippen molar-refractivity contribution in [3.63, 3.8) is 0 Å². The lowest BCUT2D eigenvalue weighted by atomic mass is 10.2. The minimum atomic E-state index is -3.80. The van der Waals surface area contributed by atoms with E-state index in [1.54, 1.807) is 6.07 Å². The van der Waals surface area contributed by atoms with Gasteiger partial charge in [0.05, 0.1) is 23.9 Å². The van der Waals surface area contributed by atoms with Gasteiger partial charge < -0.3 is 4.74 Å². The maximum absolute atomic E-state index is 12.1. The molecule has 1 heterocycles. The fourth-order valence-corrected chi connectivity index (χ4v) is 3.00. The van der Waals surface area contributed by atoms with Gasteiger partial charge >= 0.3 is 0 Å². The van der Waals surface area contributed by atoms with Gasteiger partial charge in [-0.05, 0) is 6.07 Å². The summed E-state index contributed by atoms with van der Waals surface area (Å²) >= 11 is 0. The third kappa shape index (κ3) is 3.92. The quantitative estimate of drug-likeness (QED) is 0.642. The highest BCUT2D eigenvalue weighted by molar-refractivity contribution is 7.91. The Kier molecular flexibility index (Phi) is 4.56. The molecule has 2 rings (SSSR count). The summed E-state index contributed by atoms with van der Waals surface area (Å²) in [6, 6.07) is 8.69. The summed E-state index contributed by atoms with van der Waals surface area (Å²) in [6.07, 6.45) is 1.30. The van der Waals surface area contributed by atoms with E-state index in [-0.39, 0.29) is 16.9 Å². The van der Waals surface area contributed by atoms with Crippen molar-refractivity contribution in [3.05, 3.63) is 58.3 Å². The molecule has 0 aliphatic rings. The maximum Gasteiger partial charge on any atom is 0.273 e. The summed E-state index contributed by atoms with van der Waals surface area (Å²) in [5, 5.41) is 10.9. The Balaban J connectivity index is 2.19. The lowest BCUT2D eigenvalue weighted by molar-refractivity contribution is -0.385. The van der Waals surface area contributed by atoms with E-state index in [1.807, 2.05) is 0 Å². The number of para-hydroxylation sites is 1. The highest BCUT2D eigenvalue weighted by Gasteiger charge is 2.19. The van der Waals surface area contributed by atoms with Gasteiger partial charge in [-0.15, -0.1) is 0 Å². The van der Waals surface area contributed by atoms with Crippen LogP contribution in [0, 0.1) is 10.1 Å². The number of methoxy groups -OCH3 is 1. The van der Waals surface area contributed by atoms with Crippen molar-refractivity contribution in [2.24, 2.45) is 0 Å². The number of sulfonamides is 1. The second-order valence-corrected chi connectivity index (χ2v) is 6.06. The number of aromatic nitrogens is 1. The number of rotatable bonds is 6. The van der Waals surface area contributed by atoms with E-state index in [0.29, 0.717) is 5.88 Å². The van der Waals surface area contributed by atoms with Gasteiger partial charge in [-0.3, -0.25) is 14.8 Å². The van der Waals surface area contributed by atoms with Gasteiger partial charge in [0, 0.05) is 17.7 Å². The Hall–Kier alpha value is -2.68. The van der Waals surface area contributed by atoms with Gasteiger partial charge in [0.2, 0.25) is 15.9 Å². The van der Waals surface area contributed by atoms with Crippen LogP contribution in [0.5, 0.6) is 5.88 Å². The summed E-state index contributed by atoms with van der Waals surface area (Å²) in [5.41, 5.74) is 0.126. The van der Waals surface area contributed by atoms with Crippen molar-refractivity contribution in [1.82, 2.24) is 4.98 Å². The molecule has 0 unspecified atom stereocenters. The van der Waals surface area contributed by atoms with Gasteiger partial charge in [-0.25, -0.2) is 13.4 Å². The number of nitro groups is 1. The minimum absolute atomic E-state index is 0.112. The first-order valence-electron chi connectivity index (χ1n) is 6.14. The molecule has 0 saturated carbocycles. The SMILES string of the molecule is COc1ccc(NS(=O)(=O)Cc2ccccc2[N+](=O)[O-])cn1. The Morgan fingerprint density at radius 3 is 2.59 bits per heavy atom. The van der Waals surface area contributed by atoms with E-state index >= 15 is 0 Å². The van der Waals surface area contributed by atoms with Gasteiger partial charge in [0.1, 0.15) is 5.75 Å². The summed E-state index contributed by atoms with van der Waals surface area (Å²) in [5.74, 6) is -0.155. The maximum atomic E-state index is 12.1. The molecule has 9 heteroatoms. The lowest BCUT2D eigenvalue weighted by Crippen LogP contribution is -2.16. The van der Waals surface area contributed by atoms with Crippen LogP contribution in [0.3, 0.4) is 0 Å². The van der Waals surface area contributed by atoms with E-state index < -0.39 is 20.7 Å².